The molecule has 132 valence electrons. The van der Waals surface area contributed by atoms with Gasteiger partial charge in [-0.2, -0.15) is 5.10 Å². The van der Waals surface area contributed by atoms with E-state index in [0.29, 0.717) is 11.1 Å². The minimum atomic E-state index is -1.22. The highest BCUT2D eigenvalue weighted by atomic mass is 16.4. The second-order valence-corrected chi connectivity index (χ2v) is 6.57. The molecule has 1 aliphatic rings. The van der Waals surface area contributed by atoms with Crippen molar-refractivity contribution in [3.05, 3.63) is 56.5 Å². The Kier molecular flexibility index (Phi) is 3.43. The molecule has 1 atom stereocenters. The number of pyridine rings is 1. The zero-order valence-corrected chi connectivity index (χ0v) is 14.1. The molecule has 3 aromatic rings. The Morgan fingerprint density at radius 1 is 1.23 bits per heavy atom. The molecule has 0 saturated carbocycles. The van der Waals surface area contributed by atoms with Crippen molar-refractivity contribution in [3.8, 4) is 0 Å². The number of aromatic carboxylic acids is 1. The van der Waals surface area contributed by atoms with Crippen molar-refractivity contribution in [1.82, 2.24) is 15.2 Å². The number of anilines is 1. The molecule has 1 unspecified atom stereocenters. The standard InChI is InChI=1S/C18H16N4O4/c1-7-3-8(2)14-9(4-7)5-11(17(24)20-14)10-6-12(23)19-16-13(10)15(18(25)26)21-22-16/h3-5,10H,6H2,1-2H3,(H,20,24)(H,25,26)(H2,19,21,22,23). The SMILES string of the molecule is Cc1cc(C)c2[nH]c(=O)c(C3CC(=O)Nc4[nH]nc(C(=O)O)c43)cc2c1. The van der Waals surface area contributed by atoms with Crippen LogP contribution in [-0.4, -0.2) is 32.2 Å². The van der Waals surface area contributed by atoms with Gasteiger partial charge in [-0.3, -0.25) is 14.7 Å². The summed E-state index contributed by atoms with van der Waals surface area (Å²) in [6, 6.07) is 5.65. The maximum Gasteiger partial charge on any atom is 0.356 e. The maximum absolute atomic E-state index is 12.7. The average Bonchev–Trinajstić information content (AvgIpc) is 2.98. The van der Waals surface area contributed by atoms with Crippen molar-refractivity contribution in [1.29, 1.82) is 0 Å². The average molecular weight is 352 g/mol. The number of amides is 1. The van der Waals surface area contributed by atoms with Gasteiger partial charge in [0, 0.05) is 23.5 Å². The third-order valence-corrected chi connectivity index (χ3v) is 4.71. The van der Waals surface area contributed by atoms with Crippen molar-refractivity contribution in [3.63, 3.8) is 0 Å². The van der Waals surface area contributed by atoms with Gasteiger partial charge in [-0.1, -0.05) is 11.6 Å². The van der Waals surface area contributed by atoms with E-state index in [4.69, 9.17) is 0 Å². The highest BCUT2D eigenvalue weighted by Crippen LogP contribution is 2.37. The largest absolute Gasteiger partial charge is 0.476 e. The summed E-state index contributed by atoms with van der Waals surface area (Å²) in [6.45, 7) is 3.87. The van der Waals surface area contributed by atoms with Crippen molar-refractivity contribution in [2.45, 2.75) is 26.2 Å². The first kappa shape index (κ1) is 16.1. The number of nitrogens with one attached hydrogen (secondary N) is 3. The van der Waals surface area contributed by atoms with Gasteiger partial charge >= 0.3 is 5.97 Å². The summed E-state index contributed by atoms with van der Waals surface area (Å²) < 4.78 is 0. The lowest BCUT2D eigenvalue weighted by Crippen LogP contribution is -2.28. The number of hydrogen-bond donors (Lipinski definition) is 4. The molecule has 4 rings (SSSR count). The molecule has 0 radical (unpaired) electrons. The highest BCUT2D eigenvalue weighted by molar-refractivity contribution is 5.98. The van der Waals surface area contributed by atoms with Crippen LogP contribution in [0.3, 0.4) is 0 Å². The van der Waals surface area contributed by atoms with Crippen molar-refractivity contribution >= 4 is 28.6 Å². The number of fused-ring (bicyclic) bond motifs is 2. The Morgan fingerprint density at radius 2 is 2.00 bits per heavy atom. The molecular weight excluding hydrogens is 336 g/mol. The van der Waals surface area contributed by atoms with E-state index in [2.05, 4.69) is 20.5 Å². The van der Waals surface area contributed by atoms with Crippen LogP contribution in [0.1, 0.15) is 45.1 Å². The smallest absolute Gasteiger partial charge is 0.356 e. The fourth-order valence-corrected chi connectivity index (χ4v) is 3.65. The first-order valence-corrected chi connectivity index (χ1v) is 8.10. The first-order valence-electron chi connectivity index (χ1n) is 8.10. The Morgan fingerprint density at radius 3 is 2.73 bits per heavy atom. The molecule has 0 spiro atoms. The van der Waals surface area contributed by atoms with E-state index in [1.165, 1.54) is 0 Å². The lowest BCUT2D eigenvalue weighted by atomic mass is 9.85. The predicted molar refractivity (Wildman–Crippen MR) is 94.7 cm³/mol. The molecule has 8 nitrogen and oxygen atoms in total. The van der Waals surface area contributed by atoms with E-state index in [1.807, 2.05) is 26.0 Å². The quantitative estimate of drug-likeness (QED) is 0.561. The summed E-state index contributed by atoms with van der Waals surface area (Å²) in [7, 11) is 0. The molecule has 1 aliphatic heterocycles. The number of aromatic amines is 2. The van der Waals surface area contributed by atoms with Crippen molar-refractivity contribution in [2.24, 2.45) is 0 Å². The zero-order valence-electron chi connectivity index (χ0n) is 14.1. The fraction of sp³-hybridized carbons (Fsp3) is 0.222. The Labute approximate surface area is 147 Å². The van der Waals surface area contributed by atoms with Crippen LogP contribution in [0.5, 0.6) is 0 Å². The van der Waals surface area contributed by atoms with Gasteiger partial charge in [-0.25, -0.2) is 4.79 Å². The molecule has 2 aromatic heterocycles. The number of carbonyl (C=O) groups excluding carboxylic acids is 1. The van der Waals surface area contributed by atoms with Crippen LogP contribution in [0.2, 0.25) is 0 Å². The van der Waals surface area contributed by atoms with Crippen LogP contribution in [0.15, 0.2) is 23.0 Å². The van der Waals surface area contributed by atoms with E-state index in [0.717, 1.165) is 22.0 Å². The van der Waals surface area contributed by atoms with Gasteiger partial charge in [-0.15, -0.1) is 0 Å². The van der Waals surface area contributed by atoms with Crippen molar-refractivity contribution < 1.29 is 14.7 Å². The number of carboxylic acids is 1. The molecule has 26 heavy (non-hydrogen) atoms. The van der Waals surface area contributed by atoms with Crippen LogP contribution >= 0.6 is 0 Å². The second-order valence-electron chi connectivity index (χ2n) is 6.57. The van der Waals surface area contributed by atoms with Gasteiger partial charge in [0.1, 0.15) is 5.82 Å². The van der Waals surface area contributed by atoms with E-state index in [9.17, 15) is 19.5 Å². The zero-order chi connectivity index (χ0) is 18.6. The van der Waals surface area contributed by atoms with Crippen LogP contribution in [0.4, 0.5) is 5.82 Å². The summed E-state index contributed by atoms with van der Waals surface area (Å²) in [5.41, 5.74) is 2.87. The number of benzene rings is 1. The molecule has 0 aliphatic carbocycles. The third-order valence-electron chi connectivity index (χ3n) is 4.71. The summed E-state index contributed by atoms with van der Waals surface area (Å²) in [4.78, 5) is 39.1. The molecule has 0 bridgehead atoms. The number of aryl methyl sites for hydroxylation is 2. The van der Waals surface area contributed by atoms with Crippen LogP contribution in [0, 0.1) is 13.8 Å². The Balaban J connectivity index is 1.98. The molecular formula is C18H16N4O4. The Hall–Kier alpha value is -3.42. The number of carboxylic acid groups (broad SMARTS) is 1. The lowest BCUT2D eigenvalue weighted by molar-refractivity contribution is -0.116. The fourth-order valence-electron chi connectivity index (χ4n) is 3.65. The summed E-state index contributed by atoms with van der Waals surface area (Å²) in [6.07, 6.45) is -0.0216. The molecule has 0 fully saturated rings. The van der Waals surface area contributed by atoms with E-state index in [1.54, 1.807) is 6.07 Å². The lowest BCUT2D eigenvalue weighted by Gasteiger charge is -2.22. The molecule has 8 heteroatoms. The number of carbonyl (C=O) groups is 2. The minimum absolute atomic E-state index is 0.0216. The van der Waals surface area contributed by atoms with Crippen molar-refractivity contribution in [2.75, 3.05) is 5.32 Å². The van der Waals surface area contributed by atoms with Gasteiger partial charge in [0.25, 0.3) is 5.56 Å². The van der Waals surface area contributed by atoms with Crippen LogP contribution in [0.25, 0.3) is 10.9 Å². The molecule has 4 N–H and O–H groups in total. The third kappa shape index (κ3) is 2.38. The first-order chi connectivity index (χ1) is 12.3. The maximum atomic E-state index is 12.7. The van der Waals surface area contributed by atoms with Crippen LogP contribution in [-0.2, 0) is 4.79 Å². The molecule has 1 amide bonds. The topological polar surface area (TPSA) is 128 Å². The molecule has 0 saturated heterocycles. The monoisotopic (exact) mass is 352 g/mol. The molecule has 1 aromatic carbocycles. The number of nitrogens with zero attached hydrogens (tertiary/aromatic N) is 1. The highest BCUT2D eigenvalue weighted by Gasteiger charge is 2.35. The molecule has 3 heterocycles. The number of H-pyrrole nitrogens is 2. The minimum Gasteiger partial charge on any atom is -0.476 e. The summed E-state index contributed by atoms with van der Waals surface area (Å²) in [5, 5.41) is 19.1. The Bertz CT molecular complexity index is 1140. The predicted octanol–water partition coefficient (Wildman–Crippen LogP) is 2.04. The normalized spacial score (nSPS) is 16.4. The number of rotatable bonds is 2. The van der Waals surface area contributed by atoms with Crippen LogP contribution < -0.4 is 10.9 Å². The van der Waals surface area contributed by atoms with Gasteiger partial charge in [0.2, 0.25) is 5.91 Å². The number of aromatic nitrogens is 3. The van der Waals surface area contributed by atoms with Gasteiger partial charge in [0.05, 0.1) is 5.52 Å². The van der Waals surface area contributed by atoms with Gasteiger partial charge < -0.3 is 15.4 Å². The van der Waals surface area contributed by atoms with E-state index < -0.39 is 11.9 Å². The number of hydrogen-bond acceptors (Lipinski definition) is 4. The summed E-state index contributed by atoms with van der Waals surface area (Å²) >= 11 is 0. The second kappa shape index (κ2) is 5.55. The van der Waals surface area contributed by atoms with Gasteiger partial charge in [-0.05, 0) is 36.9 Å². The summed E-state index contributed by atoms with van der Waals surface area (Å²) in [5.74, 6) is -1.98. The van der Waals surface area contributed by atoms with Gasteiger partial charge in [0.15, 0.2) is 5.69 Å². The van der Waals surface area contributed by atoms with E-state index in [-0.39, 0.29) is 29.4 Å². The van der Waals surface area contributed by atoms with E-state index >= 15 is 0 Å².